The molecule has 2 unspecified atom stereocenters. The van der Waals surface area contributed by atoms with Gasteiger partial charge in [0.15, 0.2) is 5.82 Å². The van der Waals surface area contributed by atoms with Crippen molar-refractivity contribution in [2.24, 2.45) is 18.9 Å². The van der Waals surface area contributed by atoms with Crippen LogP contribution in [0.2, 0.25) is 0 Å². The molecule has 0 bridgehead atoms. The molecule has 3 aromatic heterocycles. The zero-order valence-corrected chi connectivity index (χ0v) is 17.1. The van der Waals surface area contributed by atoms with Crippen molar-refractivity contribution in [3.63, 3.8) is 0 Å². The van der Waals surface area contributed by atoms with Gasteiger partial charge in [-0.25, -0.2) is 4.98 Å². The number of piperidine rings is 1. The van der Waals surface area contributed by atoms with E-state index in [4.69, 9.17) is 0 Å². The van der Waals surface area contributed by atoms with Crippen molar-refractivity contribution in [3.05, 3.63) is 42.0 Å². The van der Waals surface area contributed by atoms with E-state index in [2.05, 4.69) is 39.0 Å². The minimum absolute atomic E-state index is 0.136. The van der Waals surface area contributed by atoms with Crippen LogP contribution in [-0.2, 0) is 19.8 Å². The van der Waals surface area contributed by atoms with Gasteiger partial charge in [-0.15, -0.1) is 10.2 Å². The lowest BCUT2D eigenvalue weighted by Crippen LogP contribution is -2.40. The van der Waals surface area contributed by atoms with Crippen LogP contribution in [0.3, 0.4) is 0 Å². The molecule has 10 heteroatoms. The van der Waals surface area contributed by atoms with Crippen molar-refractivity contribution in [1.82, 2.24) is 29.5 Å². The van der Waals surface area contributed by atoms with Gasteiger partial charge in [-0.2, -0.15) is 18.3 Å². The monoisotopic (exact) mass is 419 g/mol. The van der Waals surface area contributed by atoms with Crippen molar-refractivity contribution < 1.29 is 13.2 Å². The zero-order chi connectivity index (χ0) is 21.5. The summed E-state index contributed by atoms with van der Waals surface area (Å²) in [6.07, 6.45) is 0.0181. The fourth-order valence-corrected chi connectivity index (χ4v) is 3.76. The van der Waals surface area contributed by atoms with Crippen molar-refractivity contribution in [2.45, 2.75) is 33.0 Å². The molecule has 3 aromatic rings. The third kappa shape index (κ3) is 4.03. The van der Waals surface area contributed by atoms with Crippen LogP contribution in [0.1, 0.15) is 31.7 Å². The van der Waals surface area contributed by atoms with E-state index in [1.807, 2.05) is 10.8 Å². The molecule has 4 heterocycles. The maximum Gasteiger partial charge on any atom is 0.433 e. The third-order valence-electron chi connectivity index (χ3n) is 5.73. The summed E-state index contributed by atoms with van der Waals surface area (Å²) in [4.78, 5) is 5.99. The molecule has 7 nitrogen and oxygen atoms in total. The van der Waals surface area contributed by atoms with Gasteiger partial charge >= 0.3 is 6.18 Å². The van der Waals surface area contributed by atoms with Gasteiger partial charge in [-0.1, -0.05) is 19.9 Å². The molecule has 0 radical (unpaired) electrons. The number of rotatable bonds is 4. The first-order valence-corrected chi connectivity index (χ1v) is 9.92. The summed E-state index contributed by atoms with van der Waals surface area (Å²) in [6.45, 7) is 6.22. The van der Waals surface area contributed by atoms with Crippen LogP contribution in [0.25, 0.3) is 11.4 Å². The molecule has 160 valence electrons. The van der Waals surface area contributed by atoms with E-state index in [1.165, 1.54) is 6.07 Å². The second kappa shape index (κ2) is 7.73. The molecule has 30 heavy (non-hydrogen) atoms. The minimum atomic E-state index is -4.49. The standard InChI is InChI=1S/C20H24F3N7/c1-13-7-8-29(10-14(13)2)19-27-26-18(15-9-24-28(3)11-15)30(19)12-16-5-4-6-17(25-16)20(21,22)23/h4-6,9,11,13-14H,7-8,10,12H2,1-3H3. The molecule has 0 aliphatic carbocycles. The summed E-state index contributed by atoms with van der Waals surface area (Å²) in [5.74, 6) is 2.30. The first-order chi connectivity index (χ1) is 14.2. The maximum atomic E-state index is 13.1. The number of hydrogen-bond donors (Lipinski definition) is 0. The molecule has 1 aliphatic heterocycles. The van der Waals surface area contributed by atoms with Crippen LogP contribution < -0.4 is 4.90 Å². The van der Waals surface area contributed by atoms with Crippen LogP contribution in [0, 0.1) is 11.8 Å². The Morgan fingerprint density at radius 2 is 1.93 bits per heavy atom. The van der Waals surface area contributed by atoms with Crippen molar-refractivity contribution in [3.8, 4) is 11.4 Å². The van der Waals surface area contributed by atoms with E-state index in [0.717, 1.165) is 31.1 Å². The van der Waals surface area contributed by atoms with Gasteiger partial charge in [0, 0.05) is 26.3 Å². The van der Waals surface area contributed by atoms with Gasteiger partial charge in [-0.05, 0) is 30.4 Å². The smallest absolute Gasteiger partial charge is 0.341 e. The Kier molecular flexibility index (Phi) is 5.25. The van der Waals surface area contributed by atoms with Gasteiger partial charge in [0.1, 0.15) is 5.69 Å². The van der Waals surface area contributed by atoms with E-state index < -0.39 is 11.9 Å². The summed E-state index contributed by atoms with van der Waals surface area (Å²) < 4.78 is 42.9. The lowest BCUT2D eigenvalue weighted by molar-refractivity contribution is -0.141. The van der Waals surface area contributed by atoms with Gasteiger partial charge in [-0.3, -0.25) is 9.25 Å². The number of aromatic nitrogens is 6. The second-order valence-corrected chi connectivity index (χ2v) is 8.01. The molecular weight excluding hydrogens is 395 g/mol. The summed E-state index contributed by atoms with van der Waals surface area (Å²) in [7, 11) is 1.80. The second-order valence-electron chi connectivity index (χ2n) is 8.01. The van der Waals surface area contributed by atoms with Gasteiger partial charge in [0.05, 0.1) is 24.0 Å². The normalized spacial score (nSPS) is 20.0. The van der Waals surface area contributed by atoms with Gasteiger partial charge in [0.25, 0.3) is 0 Å². The van der Waals surface area contributed by atoms with E-state index in [9.17, 15) is 13.2 Å². The fourth-order valence-electron chi connectivity index (χ4n) is 3.76. The minimum Gasteiger partial charge on any atom is -0.341 e. The van der Waals surface area contributed by atoms with Crippen molar-refractivity contribution in [2.75, 3.05) is 18.0 Å². The van der Waals surface area contributed by atoms with Crippen LogP contribution >= 0.6 is 0 Å². The SMILES string of the molecule is CC1CCN(c2nnc(-c3cnn(C)c3)n2Cc2cccc(C(F)(F)F)n2)CC1C. The number of nitrogens with zero attached hydrogens (tertiary/aromatic N) is 7. The van der Waals surface area contributed by atoms with Crippen LogP contribution in [0.15, 0.2) is 30.6 Å². The molecule has 4 rings (SSSR count). The molecule has 0 N–H and O–H groups in total. The molecule has 1 aliphatic rings. The first kappa shape index (κ1) is 20.4. The van der Waals surface area contributed by atoms with Crippen molar-refractivity contribution in [1.29, 1.82) is 0 Å². The van der Waals surface area contributed by atoms with Crippen LogP contribution in [-0.4, -0.2) is 42.6 Å². The topological polar surface area (TPSA) is 64.7 Å². The Balaban J connectivity index is 1.73. The summed E-state index contributed by atoms with van der Waals surface area (Å²) in [5, 5.41) is 12.9. The number of pyridine rings is 1. The molecule has 0 spiro atoms. The van der Waals surface area contributed by atoms with Crippen molar-refractivity contribution >= 4 is 5.95 Å². The highest BCUT2D eigenvalue weighted by atomic mass is 19.4. The lowest BCUT2D eigenvalue weighted by atomic mass is 9.89. The Hall–Kier alpha value is -2.91. The van der Waals surface area contributed by atoms with E-state index in [1.54, 1.807) is 24.0 Å². The highest BCUT2D eigenvalue weighted by Crippen LogP contribution is 2.30. The summed E-state index contributed by atoms with van der Waals surface area (Å²) >= 11 is 0. The van der Waals surface area contributed by atoms with E-state index in [0.29, 0.717) is 29.3 Å². The Morgan fingerprint density at radius 3 is 2.60 bits per heavy atom. The highest BCUT2D eigenvalue weighted by Gasteiger charge is 2.33. The number of halogens is 3. The quantitative estimate of drug-likeness (QED) is 0.646. The van der Waals surface area contributed by atoms with Crippen LogP contribution in [0.5, 0.6) is 0 Å². The predicted molar refractivity (Wildman–Crippen MR) is 106 cm³/mol. The number of aryl methyl sites for hydroxylation is 1. The highest BCUT2D eigenvalue weighted by molar-refractivity contribution is 5.56. The molecule has 1 saturated heterocycles. The Bertz CT molecular complexity index is 1020. The fraction of sp³-hybridized carbons (Fsp3) is 0.500. The van der Waals surface area contributed by atoms with E-state index in [-0.39, 0.29) is 6.54 Å². The van der Waals surface area contributed by atoms with Gasteiger partial charge in [0.2, 0.25) is 5.95 Å². The van der Waals surface area contributed by atoms with E-state index >= 15 is 0 Å². The molecule has 1 fully saturated rings. The lowest BCUT2D eigenvalue weighted by Gasteiger charge is -2.35. The largest absolute Gasteiger partial charge is 0.433 e. The average Bonchev–Trinajstić information content (AvgIpc) is 3.30. The molecule has 0 aromatic carbocycles. The zero-order valence-electron chi connectivity index (χ0n) is 17.1. The number of alkyl halides is 3. The summed E-state index contributed by atoms with van der Waals surface area (Å²) in [5.41, 5.74) is 0.147. The molecule has 2 atom stereocenters. The molecule has 0 amide bonds. The molecule has 0 saturated carbocycles. The summed E-state index contributed by atoms with van der Waals surface area (Å²) in [6, 6.07) is 3.95. The maximum absolute atomic E-state index is 13.1. The van der Waals surface area contributed by atoms with Crippen LogP contribution in [0.4, 0.5) is 19.1 Å². The predicted octanol–water partition coefficient (Wildman–Crippen LogP) is 3.62. The average molecular weight is 419 g/mol. The number of anilines is 1. The van der Waals surface area contributed by atoms with Gasteiger partial charge < -0.3 is 4.90 Å². The Labute approximate surface area is 172 Å². The Morgan fingerprint density at radius 1 is 1.13 bits per heavy atom. The third-order valence-corrected chi connectivity index (χ3v) is 5.73. The molecular formula is C20H24F3N7. The first-order valence-electron chi connectivity index (χ1n) is 9.92. The number of hydrogen-bond acceptors (Lipinski definition) is 5.